The maximum atomic E-state index is 12.7. The lowest BCUT2D eigenvalue weighted by molar-refractivity contribution is -0.113. The first kappa shape index (κ1) is 22.5. The molecular weight excluding hydrogens is 482 g/mol. The lowest BCUT2D eigenvalue weighted by Crippen LogP contribution is -2.39. The Balaban J connectivity index is 1.20. The van der Waals surface area contributed by atoms with Crippen LogP contribution in [0.1, 0.15) is 0 Å². The average molecular weight is 502 g/mol. The van der Waals surface area contributed by atoms with Crippen LogP contribution >= 0.6 is 23.4 Å². The molecular formula is C22H20ClN5O5S. The summed E-state index contributed by atoms with van der Waals surface area (Å²) in [5.41, 5.74) is 0.687. The number of hydrogen-bond donors (Lipinski definition) is 3. The second-order valence-electron chi connectivity index (χ2n) is 7.89. The number of nitrogens with zero attached hydrogens (tertiary/aromatic N) is 2. The van der Waals surface area contributed by atoms with E-state index in [1.54, 1.807) is 24.3 Å². The van der Waals surface area contributed by atoms with Gasteiger partial charge in [0.25, 0.3) is 5.56 Å². The fourth-order valence-electron chi connectivity index (χ4n) is 3.98. The summed E-state index contributed by atoms with van der Waals surface area (Å²) < 4.78 is 6.55. The van der Waals surface area contributed by atoms with Crippen molar-refractivity contribution >= 4 is 57.6 Å². The Bertz CT molecular complexity index is 1420. The van der Waals surface area contributed by atoms with Crippen LogP contribution in [0.25, 0.3) is 10.9 Å². The number of benzene rings is 2. The van der Waals surface area contributed by atoms with E-state index in [1.807, 2.05) is 12.1 Å². The standard InChI is InChI=1S/C22H20ClN5O5S/c23-15-3-1-2-14-19(15)26-21(31)27(20(14)30)7-6-24-9-13-10-28(22(32)33-13)12-4-5-17-16(8-12)25-18(29)11-34-17/h1-5,8,13,24H,6-7,9-11H2,(H,25,29)(H,26,31). The predicted octanol–water partition coefficient (Wildman–Crippen LogP) is 2.00. The van der Waals surface area contributed by atoms with Crippen molar-refractivity contribution in [2.24, 2.45) is 0 Å². The van der Waals surface area contributed by atoms with Crippen molar-refractivity contribution in [3.8, 4) is 0 Å². The molecule has 10 nitrogen and oxygen atoms in total. The van der Waals surface area contributed by atoms with Crippen LogP contribution in [-0.2, 0) is 16.1 Å². The quantitative estimate of drug-likeness (QED) is 0.441. The highest BCUT2D eigenvalue weighted by atomic mass is 35.5. The van der Waals surface area contributed by atoms with E-state index in [-0.39, 0.29) is 12.5 Å². The smallest absolute Gasteiger partial charge is 0.414 e. The van der Waals surface area contributed by atoms with Gasteiger partial charge in [-0.2, -0.15) is 0 Å². The molecule has 0 aliphatic carbocycles. The molecule has 5 rings (SSSR count). The van der Waals surface area contributed by atoms with Gasteiger partial charge in [0, 0.05) is 30.2 Å². The number of H-pyrrole nitrogens is 1. The molecule has 1 atom stereocenters. The molecule has 2 aromatic carbocycles. The second kappa shape index (κ2) is 9.16. The third-order valence-corrected chi connectivity index (χ3v) is 7.02. The number of ether oxygens (including phenoxy) is 1. The third kappa shape index (κ3) is 4.29. The molecule has 34 heavy (non-hydrogen) atoms. The fourth-order valence-corrected chi connectivity index (χ4v) is 4.99. The monoisotopic (exact) mass is 501 g/mol. The Morgan fingerprint density at radius 3 is 2.88 bits per heavy atom. The molecule has 3 heterocycles. The summed E-state index contributed by atoms with van der Waals surface area (Å²) >= 11 is 7.52. The molecule has 3 N–H and O–H groups in total. The number of halogens is 1. The van der Waals surface area contributed by atoms with Crippen molar-refractivity contribution in [1.29, 1.82) is 0 Å². The minimum Gasteiger partial charge on any atom is -0.443 e. The number of anilines is 2. The molecule has 2 aliphatic rings. The third-order valence-electron chi connectivity index (χ3n) is 5.63. The van der Waals surface area contributed by atoms with Crippen molar-refractivity contribution in [2.45, 2.75) is 17.5 Å². The summed E-state index contributed by atoms with van der Waals surface area (Å²) in [5.74, 6) is 0.296. The van der Waals surface area contributed by atoms with Crippen molar-refractivity contribution < 1.29 is 14.3 Å². The SMILES string of the molecule is O=C1CSc2ccc(N3CC(CNCCn4c(=O)[nH]c5c(Cl)cccc5c4=O)OC3=O)cc2N1. The molecule has 2 amide bonds. The van der Waals surface area contributed by atoms with Gasteiger partial charge < -0.3 is 20.4 Å². The maximum Gasteiger partial charge on any atom is 0.414 e. The van der Waals surface area contributed by atoms with Gasteiger partial charge in [0.2, 0.25) is 5.91 Å². The minimum absolute atomic E-state index is 0.0758. The van der Waals surface area contributed by atoms with Gasteiger partial charge in [-0.15, -0.1) is 11.8 Å². The zero-order valence-electron chi connectivity index (χ0n) is 17.8. The largest absolute Gasteiger partial charge is 0.443 e. The zero-order valence-corrected chi connectivity index (χ0v) is 19.4. The van der Waals surface area contributed by atoms with E-state index in [9.17, 15) is 19.2 Å². The number of rotatable bonds is 6. The number of aromatic nitrogens is 2. The number of amides is 2. The summed E-state index contributed by atoms with van der Waals surface area (Å²) in [6.45, 7) is 1.15. The number of carbonyl (C=O) groups excluding carboxylic acids is 2. The Morgan fingerprint density at radius 2 is 2.03 bits per heavy atom. The van der Waals surface area contributed by atoms with Gasteiger partial charge >= 0.3 is 11.8 Å². The molecule has 1 aromatic heterocycles. The van der Waals surface area contributed by atoms with Crippen LogP contribution in [0.5, 0.6) is 0 Å². The number of carbonyl (C=O) groups is 2. The second-order valence-corrected chi connectivity index (χ2v) is 9.31. The van der Waals surface area contributed by atoms with Gasteiger partial charge in [-0.3, -0.25) is 19.1 Å². The fraction of sp³-hybridized carbons (Fsp3) is 0.273. The van der Waals surface area contributed by atoms with Crippen molar-refractivity contribution in [1.82, 2.24) is 14.9 Å². The summed E-state index contributed by atoms with van der Waals surface area (Å²) in [6, 6.07) is 10.3. The molecule has 176 valence electrons. The highest BCUT2D eigenvalue weighted by molar-refractivity contribution is 8.00. The van der Waals surface area contributed by atoms with Crippen LogP contribution in [0.4, 0.5) is 16.2 Å². The minimum atomic E-state index is -0.538. The van der Waals surface area contributed by atoms with Crippen LogP contribution in [0.15, 0.2) is 50.9 Å². The summed E-state index contributed by atoms with van der Waals surface area (Å²) in [5, 5.41) is 6.60. The average Bonchev–Trinajstić information content (AvgIpc) is 3.19. The Kier molecular flexibility index (Phi) is 6.07. The van der Waals surface area contributed by atoms with Crippen LogP contribution in [0.3, 0.4) is 0 Å². The van der Waals surface area contributed by atoms with Crippen LogP contribution in [0.2, 0.25) is 5.02 Å². The summed E-state index contributed by atoms with van der Waals surface area (Å²) in [4.78, 5) is 54.2. The van der Waals surface area contributed by atoms with E-state index >= 15 is 0 Å². The first-order valence-electron chi connectivity index (χ1n) is 10.6. The topological polar surface area (TPSA) is 126 Å². The van der Waals surface area contributed by atoms with Crippen LogP contribution < -0.4 is 26.8 Å². The number of thioether (sulfide) groups is 1. The van der Waals surface area contributed by atoms with Gasteiger partial charge in [-0.25, -0.2) is 9.59 Å². The van der Waals surface area contributed by atoms with Gasteiger partial charge in [0.15, 0.2) is 0 Å². The van der Waals surface area contributed by atoms with Crippen LogP contribution in [0, 0.1) is 0 Å². The predicted molar refractivity (Wildman–Crippen MR) is 130 cm³/mol. The number of cyclic esters (lactones) is 1. The Labute approximate surface area is 202 Å². The summed E-state index contributed by atoms with van der Waals surface area (Å²) in [7, 11) is 0. The number of fused-ring (bicyclic) bond motifs is 2. The van der Waals surface area contributed by atoms with E-state index in [0.29, 0.717) is 52.7 Å². The first-order valence-corrected chi connectivity index (χ1v) is 11.9. The molecule has 3 aromatic rings. The molecule has 0 bridgehead atoms. The number of hydrogen-bond acceptors (Lipinski definition) is 7. The summed E-state index contributed by atoms with van der Waals surface area (Å²) in [6.07, 6.45) is -0.876. The molecule has 0 saturated carbocycles. The van der Waals surface area contributed by atoms with Crippen molar-refractivity contribution in [2.75, 3.05) is 35.6 Å². The molecule has 1 unspecified atom stereocenters. The lowest BCUT2D eigenvalue weighted by atomic mass is 10.2. The lowest BCUT2D eigenvalue weighted by Gasteiger charge is -2.20. The Hall–Kier alpha value is -3.28. The zero-order chi connectivity index (χ0) is 23.8. The molecule has 0 radical (unpaired) electrons. The number of aromatic amines is 1. The van der Waals surface area contributed by atoms with Gasteiger partial charge in [-0.05, 0) is 30.3 Å². The Morgan fingerprint density at radius 1 is 1.18 bits per heavy atom. The van der Waals surface area contributed by atoms with E-state index in [1.165, 1.54) is 16.7 Å². The normalized spacial score (nSPS) is 17.6. The maximum absolute atomic E-state index is 12.7. The van der Waals surface area contributed by atoms with E-state index in [2.05, 4.69) is 15.6 Å². The molecule has 1 fully saturated rings. The molecule has 12 heteroatoms. The van der Waals surface area contributed by atoms with Gasteiger partial charge in [-0.1, -0.05) is 17.7 Å². The van der Waals surface area contributed by atoms with Crippen LogP contribution in [-0.4, -0.2) is 53.0 Å². The number of para-hydroxylation sites is 1. The highest BCUT2D eigenvalue weighted by Crippen LogP contribution is 2.35. The van der Waals surface area contributed by atoms with E-state index < -0.39 is 23.4 Å². The van der Waals surface area contributed by atoms with Crippen molar-refractivity contribution in [3.05, 3.63) is 62.3 Å². The van der Waals surface area contributed by atoms with Gasteiger partial charge in [0.05, 0.1) is 33.9 Å². The molecule has 0 spiro atoms. The van der Waals surface area contributed by atoms with Gasteiger partial charge in [0.1, 0.15) is 6.10 Å². The van der Waals surface area contributed by atoms with E-state index in [0.717, 1.165) is 9.46 Å². The molecule has 1 saturated heterocycles. The molecule has 2 aliphatic heterocycles. The number of nitrogens with one attached hydrogen (secondary N) is 3. The first-order chi connectivity index (χ1) is 16.4. The highest BCUT2D eigenvalue weighted by Gasteiger charge is 2.32. The van der Waals surface area contributed by atoms with E-state index in [4.69, 9.17) is 16.3 Å². The van der Waals surface area contributed by atoms with Crippen molar-refractivity contribution in [3.63, 3.8) is 0 Å².